The molecule has 0 aliphatic carbocycles. The molecule has 140 valence electrons. The van der Waals surface area contributed by atoms with E-state index in [1.807, 2.05) is 0 Å². The maximum Gasteiger partial charge on any atom is 0.228 e. The molecule has 7 heteroatoms. The normalized spacial score (nSPS) is 16.4. The maximum atomic E-state index is 12.7. The van der Waals surface area contributed by atoms with E-state index in [9.17, 15) is 4.79 Å². The molecule has 6 nitrogen and oxygen atoms in total. The van der Waals surface area contributed by atoms with Crippen LogP contribution in [0.4, 0.5) is 5.95 Å². The lowest BCUT2D eigenvalue weighted by atomic mass is 9.95. The van der Waals surface area contributed by atoms with Gasteiger partial charge in [0.25, 0.3) is 0 Å². The predicted octanol–water partition coefficient (Wildman–Crippen LogP) is 3.26. The van der Waals surface area contributed by atoms with Crippen LogP contribution in [0.5, 0.6) is 5.88 Å². The van der Waals surface area contributed by atoms with Crippen molar-refractivity contribution in [3.05, 3.63) is 33.6 Å². The Labute approximate surface area is 158 Å². The molecule has 0 bridgehead atoms. The summed E-state index contributed by atoms with van der Waals surface area (Å²) in [6, 6.07) is 3.96. The summed E-state index contributed by atoms with van der Waals surface area (Å²) in [6.07, 6.45) is 3.31. The number of aromatic nitrogens is 2. The van der Waals surface area contributed by atoms with E-state index in [1.54, 1.807) is 30.7 Å². The number of nitrogens with one attached hydrogen (secondary N) is 1. The summed E-state index contributed by atoms with van der Waals surface area (Å²) in [4.78, 5) is 26.0. The minimum absolute atomic E-state index is 0.0411. The smallest absolute Gasteiger partial charge is 0.228 e. The number of hydrogen-bond acceptors (Lipinski definition) is 6. The second-order valence-corrected chi connectivity index (χ2v) is 8.22. The van der Waals surface area contributed by atoms with Crippen LogP contribution in [0.3, 0.4) is 0 Å². The summed E-state index contributed by atoms with van der Waals surface area (Å²) in [5, 5.41) is 3.19. The Morgan fingerprint density at radius 2 is 2.12 bits per heavy atom. The van der Waals surface area contributed by atoms with E-state index in [2.05, 4.69) is 47.0 Å². The van der Waals surface area contributed by atoms with Crippen LogP contribution in [-0.4, -0.2) is 36.1 Å². The first-order valence-corrected chi connectivity index (χ1v) is 9.79. The van der Waals surface area contributed by atoms with Gasteiger partial charge in [0.1, 0.15) is 0 Å². The highest BCUT2D eigenvalue weighted by Crippen LogP contribution is 2.27. The number of rotatable bonds is 5. The molecule has 1 N–H and O–H groups in total. The van der Waals surface area contributed by atoms with Crippen molar-refractivity contribution in [2.24, 2.45) is 5.92 Å². The van der Waals surface area contributed by atoms with E-state index in [4.69, 9.17) is 4.74 Å². The van der Waals surface area contributed by atoms with E-state index in [-0.39, 0.29) is 17.9 Å². The van der Waals surface area contributed by atoms with Crippen molar-refractivity contribution < 1.29 is 9.53 Å². The molecule has 1 amide bonds. The monoisotopic (exact) mass is 374 g/mol. The van der Waals surface area contributed by atoms with Crippen LogP contribution in [0, 0.1) is 19.8 Å². The van der Waals surface area contributed by atoms with Crippen LogP contribution in [0.2, 0.25) is 0 Å². The number of piperidine rings is 1. The topological polar surface area (TPSA) is 67.3 Å². The van der Waals surface area contributed by atoms with Crippen LogP contribution in [0.25, 0.3) is 0 Å². The standard InChI is InChI=1S/C19H26N4O2S/c1-12-11-16(14(3)26-12)13(2)21-18(24)15-6-9-23(10-7-15)19-20-8-5-17(22-19)25-4/h5,8,11,13,15H,6-7,9-10H2,1-4H3,(H,21,24). The van der Waals surface area contributed by atoms with Gasteiger partial charge in [0, 0.05) is 41.0 Å². The Bertz CT molecular complexity index is 769. The van der Waals surface area contributed by atoms with Crippen molar-refractivity contribution in [3.63, 3.8) is 0 Å². The highest BCUT2D eigenvalue weighted by molar-refractivity contribution is 7.12. The molecule has 1 fully saturated rings. The van der Waals surface area contributed by atoms with Gasteiger partial charge < -0.3 is 15.0 Å². The highest BCUT2D eigenvalue weighted by Gasteiger charge is 2.27. The number of carbonyl (C=O) groups is 1. The largest absolute Gasteiger partial charge is 0.481 e. The third-order valence-electron chi connectivity index (χ3n) is 4.88. The molecule has 0 radical (unpaired) electrons. The summed E-state index contributed by atoms with van der Waals surface area (Å²) in [6.45, 7) is 7.83. The van der Waals surface area contributed by atoms with Gasteiger partial charge >= 0.3 is 0 Å². The zero-order valence-electron chi connectivity index (χ0n) is 15.8. The summed E-state index contributed by atoms with van der Waals surface area (Å²) in [5.41, 5.74) is 1.23. The second-order valence-electron chi connectivity index (χ2n) is 6.76. The Hall–Kier alpha value is -2.15. The zero-order chi connectivity index (χ0) is 18.7. The van der Waals surface area contributed by atoms with Crippen molar-refractivity contribution >= 4 is 23.2 Å². The fourth-order valence-corrected chi connectivity index (χ4v) is 4.45. The van der Waals surface area contributed by atoms with E-state index < -0.39 is 0 Å². The summed E-state index contributed by atoms with van der Waals surface area (Å²) in [7, 11) is 1.60. The van der Waals surface area contributed by atoms with Gasteiger partial charge in [-0.25, -0.2) is 4.98 Å². The second kappa shape index (κ2) is 8.03. The van der Waals surface area contributed by atoms with Crippen LogP contribution in [0.1, 0.15) is 41.1 Å². The van der Waals surface area contributed by atoms with Gasteiger partial charge in [0.05, 0.1) is 13.2 Å². The molecule has 1 atom stereocenters. The third kappa shape index (κ3) is 4.15. The van der Waals surface area contributed by atoms with Crippen molar-refractivity contribution in [2.75, 3.05) is 25.1 Å². The number of nitrogens with zero attached hydrogens (tertiary/aromatic N) is 3. The lowest BCUT2D eigenvalue weighted by Gasteiger charge is -2.32. The van der Waals surface area contributed by atoms with Crippen molar-refractivity contribution in [3.8, 4) is 5.88 Å². The number of thiophene rings is 1. The summed E-state index contributed by atoms with van der Waals surface area (Å²) < 4.78 is 5.16. The molecular weight excluding hydrogens is 348 g/mol. The van der Waals surface area contributed by atoms with E-state index in [1.165, 1.54) is 15.3 Å². The SMILES string of the molecule is COc1ccnc(N2CCC(C(=O)NC(C)c3cc(C)sc3C)CC2)n1. The van der Waals surface area contributed by atoms with Crippen LogP contribution in [-0.2, 0) is 4.79 Å². The van der Waals surface area contributed by atoms with Crippen LogP contribution < -0.4 is 15.0 Å². The Kier molecular flexibility index (Phi) is 5.76. The number of hydrogen-bond donors (Lipinski definition) is 1. The molecular formula is C19H26N4O2S. The molecule has 1 saturated heterocycles. The Balaban J connectivity index is 1.55. The van der Waals surface area contributed by atoms with Crippen molar-refractivity contribution in [1.29, 1.82) is 0 Å². The first-order valence-electron chi connectivity index (χ1n) is 8.97. The maximum absolute atomic E-state index is 12.7. The molecule has 2 aromatic heterocycles. The molecule has 0 spiro atoms. The van der Waals surface area contributed by atoms with Crippen molar-refractivity contribution in [2.45, 2.75) is 39.7 Å². The van der Waals surface area contributed by atoms with Gasteiger partial charge in [0.2, 0.25) is 17.7 Å². The molecule has 26 heavy (non-hydrogen) atoms. The molecule has 1 unspecified atom stereocenters. The Morgan fingerprint density at radius 3 is 2.73 bits per heavy atom. The molecule has 0 saturated carbocycles. The number of carbonyl (C=O) groups excluding carboxylic acids is 1. The minimum atomic E-state index is 0.0411. The average molecular weight is 375 g/mol. The van der Waals surface area contributed by atoms with E-state index in [0.717, 1.165) is 25.9 Å². The van der Waals surface area contributed by atoms with Crippen molar-refractivity contribution in [1.82, 2.24) is 15.3 Å². The third-order valence-corrected chi connectivity index (χ3v) is 5.86. The average Bonchev–Trinajstić information content (AvgIpc) is 3.00. The number of aryl methyl sites for hydroxylation is 2. The molecule has 3 heterocycles. The fourth-order valence-electron chi connectivity index (χ4n) is 3.43. The van der Waals surface area contributed by atoms with Gasteiger partial charge in [-0.2, -0.15) is 4.98 Å². The van der Waals surface area contributed by atoms with E-state index >= 15 is 0 Å². The molecule has 2 aromatic rings. The zero-order valence-corrected chi connectivity index (χ0v) is 16.6. The van der Waals surface area contributed by atoms with Gasteiger partial charge in [0.15, 0.2) is 0 Å². The number of methoxy groups -OCH3 is 1. The first-order chi connectivity index (χ1) is 12.5. The molecule has 0 aromatic carbocycles. The summed E-state index contributed by atoms with van der Waals surface area (Å²) >= 11 is 1.78. The molecule has 1 aliphatic rings. The lowest BCUT2D eigenvalue weighted by molar-refractivity contribution is -0.126. The van der Waals surface area contributed by atoms with E-state index in [0.29, 0.717) is 11.8 Å². The number of ether oxygens (including phenoxy) is 1. The molecule has 3 rings (SSSR count). The summed E-state index contributed by atoms with van der Waals surface area (Å²) in [5.74, 6) is 1.41. The minimum Gasteiger partial charge on any atom is -0.481 e. The van der Waals surface area contributed by atoms with Gasteiger partial charge in [-0.05, 0) is 45.2 Å². The van der Waals surface area contributed by atoms with Gasteiger partial charge in [-0.3, -0.25) is 4.79 Å². The van der Waals surface area contributed by atoms with Crippen LogP contribution in [0.15, 0.2) is 18.3 Å². The van der Waals surface area contributed by atoms with Crippen LogP contribution >= 0.6 is 11.3 Å². The lowest BCUT2D eigenvalue weighted by Crippen LogP contribution is -2.41. The molecule has 1 aliphatic heterocycles. The van der Waals surface area contributed by atoms with Gasteiger partial charge in [-0.15, -0.1) is 11.3 Å². The van der Waals surface area contributed by atoms with Gasteiger partial charge in [-0.1, -0.05) is 0 Å². The number of anilines is 1. The number of amides is 1. The first kappa shape index (κ1) is 18.6. The Morgan fingerprint density at radius 1 is 1.38 bits per heavy atom. The fraction of sp³-hybridized carbons (Fsp3) is 0.526. The predicted molar refractivity (Wildman–Crippen MR) is 104 cm³/mol. The highest BCUT2D eigenvalue weighted by atomic mass is 32.1. The quantitative estimate of drug-likeness (QED) is 0.870.